The molecule has 1 rings (SSSR count). The third-order valence-electron chi connectivity index (χ3n) is 2.84. The molecule has 0 aliphatic carbocycles. The zero-order chi connectivity index (χ0) is 13.4. The molecule has 0 aliphatic heterocycles. The van der Waals surface area contributed by atoms with Gasteiger partial charge in [0.1, 0.15) is 0 Å². The highest BCUT2D eigenvalue weighted by Crippen LogP contribution is 2.11. The van der Waals surface area contributed by atoms with Gasteiger partial charge in [-0.1, -0.05) is 13.3 Å². The van der Waals surface area contributed by atoms with Crippen LogP contribution in [0.4, 0.5) is 5.69 Å². The van der Waals surface area contributed by atoms with Gasteiger partial charge in [-0.05, 0) is 30.9 Å². The highest BCUT2D eigenvalue weighted by Gasteiger charge is 2.13. The standard InChI is InChI=1S/C13H21N3O2/c1-2-4-10(6-8-17)9-16-13(18)12-11(14)5-3-7-15-12/h3,5,7,10,17H,2,4,6,8-9,14H2,1H3,(H,16,18). The van der Waals surface area contributed by atoms with Crippen molar-refractivity contribution in [2.24, 2.45) is 5.92 Å². The molecule has 1 amide bonds. The molecule has 5 nitrogen and oxygen atoms in total. The van der Waals surface area contributed by atoms with Crippen LogP contribution >= 0.6 is 0 Å². The fourth-order valence-corrected chi connectivity index (χ4v) is 1.87. The second kappa shape index (κ2) is 7.66. The number of nitrogen functional groups attached to an aromatic ring is 1. The van der Waals surface area contributed by atoms with Gasteiger partial charge in [-0.15, -0.1) is 0 Å². The number of carbonyl (C=O) groups is 1. The predicted octanol–water partition coefficient (Wildman–Crippen LogP) is 1.19. The van der Waals surface area contributed by atoms with Crippen molar-refractivity contribution in [1.29, 1.82) is 0 Å². The maximum absolute atomic E-state index is 11.9. The van der Waals surface area contributed by atoms with E-state index in [2.05, 4.69) is 17.2 Å². The van der Waals surface area contributed by atoms with Gasteiger partial charge in [0.2, 0.25) is 0 Å². The van der Waals surface area contributed by atoms with Gasteiger partial charge < -0.3 is 16.2 Å². The highest BCUT2D eigenvalue weighted by molar-refractivity contribution is 5.96. The first-order valence-corrected chi connectivity index (χ1v) is 6.28. The number of aliphatic hydroxyl groups is 1. The maximum Gasteiger partial charge on any atom is 0.272 e. The lowest BCUT2D eigenvalue weighted by atomic mass is 10.0. The Morgan fingerprint density at radius 2 is 2.33 bits per heavy atom. The Balaban J connectivity index is 2.52. The molecule has 1 unspecified atom stereocenters. The SMILES string of the molecule is CCCC(CCO)CNC(=O)c1ncccc1N. The van der Waals surface area contributed by atoms with Crippen LogP contribution in [-0.4, -0.2) is 29.1 Å². The lowest BCUT2D eigenvalue weighted by Gasteiger charge is -2.15. The van der Waals surface area contributed by atoms with Crippen LogP contribution in [0, 0.1) is 5.92 Å². The molecule has 0 radical (unpaired) electrons. The molecule has 1 aromatic heterocycles. The average molecular weight is 251 g/mol. The van der Waals surface area contributed by atoms with Gasteiger partial charge in [0.25, 0.3) is 5.91 Å². The topological polar surface area (TPSA) is 88.2 Å². The van der Waals surface area contributed by atoms with E-state index in [0.717, 1.165) is 12.8 Å². The zero-order valence-electron chi connectivity index (χ0n) is 10.7. The number of hydrogen-bond acceptors (Lipinski definition) is 4. The number of amides is 1. The number of anilines is 1. The third-order valence-corrected chi connectivity index (χ3v) is 2.84. The first kappa shape index (κ1) is 14.4. The van der Waals surface area contributed by atoms with Crippen LogP contribution in [0.3, 0.4) is 0 Å². The Bertz CT molecular complexity index is 376. The molecule has 0 saturated heterocycles. The molecule has 0 spiro atoms. The van der Waals surface area contributed by atoms with Gasteiger partial charge in [-0.2, -0.15) is 0 Å². The number of carbonyl (C=O) groups excluding carboxylic acids is 1. The molecule has 5 heteroatoms. The summed E-state index contributed by atoms with van der Waals surface area (Å²) < 4.78 is 0. The highest BCUT2D eigenvalue weighted by atomic mass is 16.3. The van der Waals surface area contributed by atoms with Crippen molar-refractivity contribution in [1.82, 2.24) is 10.3 Å². The first-order chi connectivity index (χ1) is 8.69. The molecule has 1 heterocycles. The largest absolute Gasteiger partial charge is 0.397 e. The van der Waals surface area contributed by atoms with Crippen LogP contribution in [0.1, 0.15) is 36.7 Å². The van der Waals surface area contributed by atoms with E-state index < -0.39 is 0 Å². The molecule has 4 N–H and O–H groups in total. The number of pyridine rings is 1. The van der Waals surface area contributed by atoms with Crippen LogP contribution in [-0.2, 0) is 0 Å². The van der Waals surface area contributed by atoms with Crippen molar-refractivity contribution in [3.05, 3.63) is 24.0 Å². The number of nitrogens with two attached hydrogens (primary N) is 1. The van der Waals surface area contributed by atoms with Crippen molar-refractivity contribution in [3.63, 3.8) is 0 Å². The number of rotatable bonds is 7. The van der Waals surface area contributed by atoms with Crippen LogP contribution in [0.25, 0.3) is 0 Å². The number of nitrogens with zero attached hydrogens (tertiary/aromatic N) is 1. The minimum atomic E-state index is -0.257. The van der Waals surface area contributed by atoms with E-state index in [1.165, 1.54) is 0 Å². The Kier molecular flexibility index (Phi) is 6.14. The second-order valence-electron chi connectivity index (χ2n) is 4.32. The Morgan fingerprint density at radius 3 is 2.94 bits per heavy atom. The van der Waals surface area contributed by atoms with Gasteiger partial charge in [0.15, 0.2) is 5.69 Å². The predicted molar refractivity (Wildman–Crippen MR) is 71.1 cm³/mol. The summed E-state index contributed by atoms with van der Waals surface area (Å²) in [6.07, 6.45) is 4.26. The Labute approximate surface area is 107 Å². The summed E-state index contributed by atoms with van der Waals surface area (Å²) in [5.74, 6) is 0.0426. The van der Waals surface area contributed by atoms with Crippen molar-refractivity contribution in [2.45, 2.75) is 26.2 Å². The second-order valence-corrected chi connectivity index (χ2v) is 4.32. The van der Waals surface area contributed by atoms with Gasteiger partial charge in [-0.3, -0.25) is 4.79 Å². The summed E-state index contributed by atoms with van der Waals surface area (Å²) in [5.41, 5.74) is 6.32. The Hall–Kier alpha value is -1.62. The van der Waals surface area contributed by atoms with E-state index in [-0.39, 0.29) is 18.2 Å². The lowest BCUT2D eigenvalue weighted by molar-refractivity contribution is 0.0939. The first-order valence-electron chi connectivity index (χ1n) is 6.28. The van der Waals surface area contributed by atoms with Crippen molar-refractivity contribution < 1.29 is 9.90 Å². The maximum atomic E-state index is 11.9. The molecular weight excluding hydrogens is 230 g/mol. The molecule has 0 fully saturated rings. The van der Waals surface area contributed by atoms with Crippen LogP contribution in [0.5, 0.6) is 0 Å². The zero-order valence-corrected chi connectivity index (χ0v) is 10.7. The molecule has 100 valence electrons. The van der Waals surface area contributed by atoms with Crippen molar-refractivity contribution >= 4 is 11.6 Å². The van der Waals surface area contributed by atoms with Crippen molar-refractivity contribution in [2.75, 3.05) is 18.9 Å². The summed E-state index contributed by atoms with van der Waals surface area (Å²) in [6.45, 7) is 2.78. The van der Waals surface area contributed by atoms with E-state index in [4.69, 9.17) is 10.8 Å². The molecule has 0 bridgehead atoms. The van der Waals surface area contributed by atoms with Crippen LogP contribution < -0.4 is 11.1 Å². The molecule has 1 atom stereocenters. The van der Waals surface area contributed by atoms with E-state index in [9.17, 15) is 4.79 Å². The average Bonchev–Trinajstić information content (AvgIpc) is 2.36. The third kappa shape index (κ3) is 4.33. The minimum absolute atomic E-state index is 0.145. The molecule has 0 aromatic carbocycles. The fourth-order valence-electron chi connectivity index (χ4n) is 1.87. The lowest BCUT2D eigenvalue weighted by Crippen LogP contribution is -2.31. The van der Waals surface area contributed by atoms with E-state index in [1.807, 2.05) is 0 Å². The smallest absolute Gasteiger partial charge is 0.272 e. The quantitative estimate of drug-likeness (QED) is 0.679. The summed E-state index contributed by atoms with van der Waals surface area (Å²) in [4.78, 5) is 15.8. The van der Waals surface area contributed by atoms with E-state index in [0.29, 0.717) is 24.6 Å². The Morgan fingerprint density at radius 1 is 1.56 bits per heavy atom. The van der Waals surface area contributed by atoms with E-state index in [1.54, 1.807) is 18.3 Å². The fraction of sp³-hybridized carbons (Fsp3) is 0.538. The van der Waals surface area contributed by atoms with Gasteiger partial charge in [0, 0.05) is 19.3 Å². The molecule has 1 aromatic rings. The van der Waals surface area contributed by atoms with Gasteiger partial charge >= 0.3 is 0 Å². The molecule has 18 heavy (non-hydrogen) atoms. The monoisotopic (exact) mass is 251 g/mol. The summed E-state index contributed by atoms with van der Waals surface area (Å²) in [5, 5.41) is 11.8. The van der Waals surface area contributed by atoms with Gasteiger partial charge in [0.05, 0.1) is 5.69 Å². The summed E-state index contributed by atoms with van der Waals surface area (Å²) in [7, 11) is 0. The number of aromatic nitrogens is 1. The van der Waals surface area contributed by atoms with Gasteiger partial charge in [-0.25, -0.2) is 4.98 Å². The molecule has 0 saturated carbocycles. The van der Waals surface area contributed by atoms with E-state index >= 15 is 0 Å². The summed E-state index contributed by atoms with van der Waals surface area (Å²) >= 11 is 0. The number of aliphatic hydroxyl groups excluding tert-OH is 1. The van der Waals surface area contributed by atoms with Crippen LogP contribution in [0.15, 0.2) is 18.3 Å². The molecule has 0 aliphatic rings. The number of nitrogens with one attached hydrogen (secondary N) is 1. The summed E-state index contributed by atoms with van der Waals surface area (Å²) in [6, 6.07) is 3.34. The van der Waals surface area contributed by atoms with Crippen LogP contribution in [0.2, 0.25) is 0 Å². The normalized spacial score (nSPS) is 12.1. The van der Waals surface area contributed by atoms with Crippen molar-refractivity contribution in [3.8, 4) is 0 Å². The molecular formula is C13H21N3O2. The minimum Gasteiger partial charge on any atom is -0.397 e. The number of hydrogen-bond donors (Lipinski definition) is 3.